The van der Waals surface area contributed by atoms with Crippen LogP contribution in [0.25, 0.3) is 0 Å². The van der Waals surface area contributed by atoms with Gasteiger partial charge in [0.15, 0.2) is 5.78 Å². The molecule has 4 nitrogen and oxygen atoms in total. The van der Waals surface area contributed by atoms with Gasteiger partial charge in [-0.15, -0.1) is 0 Å². The van der Waals surface area contributed by atoms with Crippen LogP contribution in [0, 0.1) is 0 Å². The molecular weight excluding hydrogens is 242 g/mol. The largest absolute Gasteiger partial charge is 0.497 e. The van der Waals surface area contributed by atoms with E-state index >= 15 is 0 Å². The number of rotatable bonds is 6. The van der Waals surface area contributed by atoms with E-state index in [0.717, 1.165) is 11.5 Å². The molecule has 4 heteroatoms. The van der Waals surface area contributed by atoms with Gasteiger partial charge in [0.2, 0.25) is 0 Å². The Morgan fingerprint density at radius 2 is 2.00 bits per heavy atom. The second-order valence-electron chi connectivity index (χ2n) is 4.40. The van der Waals surface area contributed by atoms with Gasteiger partial charge in [-0.3, -0.25) is 9.69 Å². The summed E-state index contributed by atoms with van der Waals surface area (Å²) < 4.78 is 10.3. The highest BCUT2D eigenvalue weighted by Crippen LogP contribution is 2.12. The first-order valence-electron chi connectivity index (χ1n) is 6.07. The maximum absolute atomic E-state index is 12.1. The summed E-state index contributed by atoms with van der Waals surface area (Å²) >= 11 is 0. The van der Waals surface area contributed by atoms with E-state index < -0.39 is 0 Å². The normalized spacial score (nSPS) is 10.7. The molecule has 0 unspecified atom stereocenters. The standard InChI is InChI=1S/C15H17NO3/c1-16(10-14-4-3-9-19-14)11-15(17)12-5-7-13(18-2)8-6-12/h3-9H,10-11H2,1-2H3. The van der Waals surface area contributed by atoms with Crippen LogP contribution in [-0.2, 0) is 6.54 Å². The monoisotopic (exact) mass is 259 g/mol. The Bertz CT molecular complexity index is 517. The van der Waals surface area contributed by atoms with Crippen molar-refractivity contribution < 1.29 is 13.9 Å². The minimum atomic E-state index is 0.0803. The summed E-state index contributed by atoms with van der Waals surface area (Å²) in [6, 6.07) is 10.9. The molecule has 0 aliphatic rings. The third-order valence-electron chi connectivity index (χ3n) is 2.83. The van der Waals surface area contributed by atoms with Crippen LogP contribution in [0.5, 0.6) is 5.75 Å². The summed E-state index contributed by atoms with van der Waals surface area (Å²) in [5.41, 5.74) is 0.687. The summed E-state index contributed by atoms with van der Waals surface area (Å²) in [5, 5.41) is 0. The summed E-state index contributed by atoms with van der Waals surface area (Å²) in [6.45, 7) is 0.974. The van der Waals surface area contributed by atoms with Gasteiger partial charge >= 0.3 is 0 Å². The van der Waals surface area contributed by atoms with Gasteiger partial charge in [0, 0.05) is 5.56 Å². The van der Waals surface area contributed by atoms with Gasteiger partial charge in [-0.25, -0.2) is 0 Å². The number of furan rings is 1. The van der Waals surface area contributed by atoms with Gasteiger partial charge < -0.3 is 9.15 Å². The highest BCUT2D eigenvalue weighted by Gasteiger charge is 2.10. The molecule has 100 valence electrons. The fourth-order valence-corrected chi connectivity index (χ4v) is 1.84. The van der Waals surface area contributed by atoms with Gasteiger partial charge in [0.1, 0.15) is 11.5 Å². The second kappa shape index (κ2) is 6.20. The Labute approximate surface area is 112 Å². The van der Waals surface area contributed by atoms with Crippen LogP contribution >= 0.6 is 0 Å². The van der Waals surface area contributed by atoms with Gasteiger partial charge in [0.25, 0.3) is 0 Å². The van der Waals surface area contributed by atoms with E-state index in [1.807, 2.05) is 24.1 Å². The first-order valence-corrected chi connectivity index (χ1v) is 6.07. The molecule has 0 atom stereocenters. The van der Waals surface area contributed by atoms with Gasteiger partial charge in [0.05, 0.1) is 26.5 Å². The Kier molecular flexibility index (Phi) is 4.36. The summed E-state index contributed by atoms with van der Waals surface area (Å²) in [4.78, 5) is 14.0. The molecule has 0 amide bonds. The number of benzene rings is 1. The predicted octanol–water partition coefficient (Wildman–Crippen LogP) is 2.60. The van der Waals surface area contributed by atoms with E-state index in [0.29, 0.717) is 18.7 Å². The molecule has 1 aromatic carbocycles. The molecule has 0 saturated carbocycles. The van der Waals surface area contributed by atoms with Gasteiger partial charge in [-0.2, -0.15) is 0 Å². The van der Waals surface area contributed by atoms with Crippen LogP contribution in [-0.4, -0.2) is 31.4 Å². The number of ketones is 1. The van der Waals surface area contributed by atoms with Gasteiger partial charge in [-0.1, -0.05) is 0 Å². The minimum absolute atomic E-state index is 0.0803. The summed E-state index contributed by atoms with van der Waals surface area (Å²) in [7, 11) is 3.50. The molecule has 0 spiro atoms. The SMILES string of the molecule is COc1ccc(C(=O)CN(C)Cc2ccco2)cc1. The number of carbonyl (C=O) groups is 1. The Morgan fingerprint density at radius 3 is 2.58 bits per heavy atom. The average Bonchev–Trinajstić information content (AvgIpc) is 2.91. The number of hydrogen-bond acceptors (Lipinski definition) is 4. The first kappa shape index (κ1) is 13.4. The summed E-state index contributed by atoms with van der Waals surface area (Å²) in [5.74, 6) is 1.68. The Balaban J connectivity index is 1.92. The molecule has 2 aromatic rings. The van der Waals surface area contributed by atoms with Crippen LogP contribution in [0.3, 0.4) is 0 Å². The van der Waals surface area contributed by atoms with Crippen molar-refractivity contribution in [2.45, 2.75) is 6.54 Å². The third-order valence-corrected chi connectivity index (χ3v) is 2.83. The molecule has 0 saturated heterocycles. The van der Waals surface area contributed by atoms with Crippen molar-refractivity contribution in [3.8, 4) is 5.75 Å². The molecule has 1 aromatic heterocycles. The van der Waals surface area contributed by atoms with Crippen molar-refractivity contribution >= 4 is 5.78 Å². The Hall–Kier alpha value is -2.07. The number of Topliss-reactive ketones (excluding diaryl/α,β-unsaturated/α-hetero) is 1. The van der Waals surface area contributed by atoms with Crippen molar-refractivity contribution in [2.24, 2.45) is 0 Å². The maximum atomic E-state index is 12.1. The van der Waals surface area contributed by atoms with Gasteiger partial charge in [-0.05, 0) is 43.4 Å². The van der Waals surface area contributed by atoms with Crippen molar-refractivity contribution in [1.82, 2.24) is 4.90 Å². The third kappa shape index (κ3) is 3.69. The van der Waals surface area contributed by atoms with Crippen LogP contribution in [0.4, 0.5) is 0 Å². The zero-order chi connectivity index (χ0) is 13.7. The second-order valence-corrected chi connectivity index (χ2v) is 4.40. The van der Waals surface area contributed by atoms with E-state index in [4.69, 9.17) is 9.15 Å². The first-order chi connectivity index (χ1) is 9.19. The van der Waals surface area contributed by atoms with Crippen molar-refractivity contribution in [3.63, 3.8) is 0 Å². The zero-order valence-corrected chi connectivity index (χ0v) is 11.1. The topological polar surface area (TPSA) is 42.7 Å². The lowest BCUT2D eigenvalue weighted by Crippen LogP contribution is -2.25. The van der Waals surface area contributed by atoms with Crippen molar-refractivity contribution in [2.75, 3.05) is 20.7 Å². The van der Waals surface area contributed by atoms with Crippen molar-refractivity contribution in [3.05, 3.63) is 54.0 Å². The number of ether oxygens (including phenoxy) is 1. The summed E-state index contributed by atoms with van der Waals surface area (Å²) in [6.07, 6.45) is 1.63. The van der Waals surface area contributed by atoms with Crippen LogP contribution in [0.2, 0.25) is 0 Å². The fraction of sp³-hybridized carbons (Fsp3) is 0.267. The van der Waals surface area contributed by atoms with E-state index in [9.17, 15) is 4.79 Å². The van der Waals surface area contributed by atoms with Crippen molar-refractivity contribution in [1.29, 1.82) is 0 Å². The van der Waals surface area contributed by atoms with E-state index in [2.05, 4.69) is 0 Å². The molecule has 0 fully saturated rings. The maximum Gasteiger partial charge on any atom is 0.176 e. The molecule has 0 bridgehead atoms. The lowest BCUT2D eigenvalue weighted by atomic mass is 10.1. The van der Waals surface area contributed by atoms with E-state index in [-0.39, 0.29) is 5.78 Å². The molecule has 19 heavy (non-hydrogen) atoms. The Morgan fingerprint density at radius 1 is 1.26 bits per heavy atom. The number of carbonyl (C=O) groups excluding carboxylic acids is 1. The molecular formula is C15H17NO3. The number of methoxy groups -OCH3 is 1. The lowest BCUT2D eigenvalue weighted by Gasteiger charge is -2.14. The van der Waals surface area contributed by atoms with E-state index in [1.165, 1.54) is 0 Å². The predicted molar refractivity (Wildman–Crippen MR) is 72.4 cm³/mol. The number of likely N-dealkylation sites (N-methyl/N-ethyl adjacent to an activating group) is 1. The fourth-order valence-electron chi connectivity index (χ4n) is 1.84. The molecule has 1 heterocycles. The highest BCUT2D eigenvalue weighted by atomic mass is 16.5. The molecule has 0 N–H and O–H groups in total. The molecule has 0 aliphatic heterocycles. The van der Waals surface area contributed by atoms with Crippen LogP contribution in [0.1, 0.15) is 16.1 Å². The quantitative estimate of drug-likeness (QED) is 0.748. The molecule has 0 aliphatic carbocycles. The highest BCUT2D eigenvalue weighted by molar-refractivity contribution is 5.97. The lowest BCUT2D eigenvalue weighted by molar-refractivity contribution is 0.0939. The number of hydrogen-bond donors (Lipinski definition) is 0. The smallest absolute Gasteiger partial charge is 0.176 e. The minimum Gasteiger partial charge on any atom is -0.497 e. The molecule has 2 rings (SSSR count). The van der Waals surface area contributed by atoms with Crippen LogP contribution in [0.15, 0.2) is 47.1 Å². The molecule has 0 radical (unpaired) electrons. The van der Waals surface area contributed by atoms with E-state index in [1.54, 1.807) is 37.6 Å². The average molecular weight is 259 g/mol. The zero-order valence-electron chi connectivity index (χ0n) is 11.1. The number of nitrogens with zero attached hydrogens (tertiary/aromatic N) is 1. The van der Waals surface area contributed by atoms with Crippen LogP contribution < -0.4 is 4.74 Å².